The molecule has 0 saturated heterocycles. The van der Waals surface area contributed by atoms with Crippen molar-refractivity contribution in [3.8, 4) is 11.5 Å². The zero-order valence-electron chi connectivity index (χ0n) is 15.3. The molecule has 0 aliphatic rings. The first-order valence-electron chi connectivity index (χ1n) is 8.61. The van der Waals surface area contributed by atoms with E-state index in [9.17, 15) is 18.7 Å². The monoisotopic (exact) mass is 392 g/mol. The van der Waals surface area contributed by atoms with Gasteiger partial charge in [-0.1, -0.05) is 18.2 Å². The van der Waals surface area contributed by atoms with Gasteiger partial charge in [0.05, 0.1) is 13.1 Å². The molecule has 9 heteroatoms. The first-order chi connectivity index (χ1) is 13.5. The molecular formula is C19H22F2N4O3. The third-order valence-electron chi connectivity index (χ3n) is 3.51. The van der Waals surface area contributed by atoms with Gasteiger partial charge >= 0.3 is 6.61 Å². The van der Waals surface area contributed by atoms with Crippen LogP contribution in [0.3, 0.4) is 0 Å². The Morgan fingerprint density at radius 3 is 2.54 bits per heavy atom. The summed E-state index contributed by atoms with van der Waals surface area (Å²) < 4.78 is 29.5. The molecule has 150 valence electrons. The molecule has 0 spiro atoms. The molecule has 0 aliphatic carbocycles. The molecule has 0 atom stereocenters. The minimum Gasteiger partial charge on any atom is -0.508 e. The number of rotatable bonds is 8. The van der Waals surface area contributed by atoms with Crippen LogP contribution in [0.15, 0.2) is 53.5 Å². The topological polar surface area (TPSA) is 95.0 Å². The van der Waals surface area contributed by atoms with Crippen LogP contribution in [0.5, 0.6) is 11.5 Å². The number of alkyl halides is 2. The van der Waals surface area contributed by atoms with E-state index in [2.05, 4.69) is 25.7 Å². The molecule has 0 aromatic heterocycles. The van der Waals surface area contributed by atoms with Crippen molar-refractivity contribution < 1.29 is 23.4 Å². The third-order valence-corrected chi connectivity index (χ3v) is 3.51. The second kappa shape index (κ2) is 10.7. The van der Waals surface area contributed by atoms with Gasteiger partial charge in [0.15, 0.2) is 5.96 Å². The summed E-state index contributed by atoms with van der Waals surface area (Å²) in [5.41, 5.74) is 1.04. The number of phenols is 1. The molecular weight excluding hydrogens is 370 g/mol. The second-order valence-corrected chi connectivity index (χ2v) is 5.63. The summed E-state index contributed by atoms with van der Waals surface area (Å²) in [4.78, 5) is 16.3. The molecule has 7 nitrogen and oxygen atoms in total. The van der Waals surface area contributed by atoms with E-state index in [0.29, 0.717) is 23.8 Å². The lowest BCUT2D eigenvalue weighted by Gasteiger charge is -2.13. The van der Waals surface area contributed by atoms with E-state index in [1.807, 2.05) is 6.92 Å². The van der Waals surface area contributed by atoms with Crippen molar-refractivity contribution in [1.29, 1.82) is 0 Å². The fraction of sp³-hybridized carbons (Fsp3) is 0.263. The maximum absolute atomic E-state index is 12.5. The van der Waals surface area contributed by atoms with Gasteiger partial charge in [0.25, 0.3) is 0 Å². The summed E-state index contributed by atoms with van der Waals surface area (Å²) in [6, 6.07) is 12.5. The van der Waals surface area contributed by atoms with Crippen molar-refractivity contribution >= 4 is 17.6 Å². The number of amides is 1. The summed E-state index contributed by atoms with van der Waals surface area (Å²) in [5.74, 6) is 0.212. The molecule has 2 aromatic rings. The summed E-state index contributed by atoms with van der Waals surface area (Å²) >= 11 is 0. The number of carbonyl (C=O) groups excluding carboxylic acids is 1. The number of anilines is 1. The quantitative estimate of drug-likeness (QED) is 0.315. The fourth-order valence-electron chi connectivity index (χ4n) is 2.27. The number of carbonyl (C=O) groups is 1. The maximum Gasteiger partial charge on any atom is 0.387 e. The number of guanidine groups is 1. The molecule has 2 rings (SSSR count). The van der Waals surface area contributed by atoms with Gasteiger partial charge < -0.3 is 25.8 Å². The van der Waals surface area contributed by atoms with Gasteiger partial charge in [-0.15, -0.1) is 0 Å². The number of para-hydroxylation sites is 1. The minimum atomic E-state index is -2.92. The Morgan fingerprint density at radius 1 is 1.14 bits per heavy atom. The Morgan fingerprint density at radius 2 is 1.86 bits per heavy atom. The van der Waals surface area contributed by atoms with E-state index in [1.165, 1.54) is 18.2 Å². The van der Waals surface area contributed by atoms with Gasteiger partial charge in [-0.25, -0.2) is 4.99 Å². The number of benzene rings is 2. The Labute approximate surface area is 161 Å². The molecule has 0 unspecified atom stereocenters. The van der Waals surface area contributed by atoms with Crippen molar-refractivity contribution in [2.24, 2.45) is 4.99 Å². The third kappa shape index (κ3) is 7.10. The molecule has 0 saturated carbocycles. The number of hydrogen-bond donors (Lipinski definition) is 4. The number of nitrogens with zero attached hydrogens (tertiary/aromatic N) is 1. The molecule has 28 heavy (non-hydrogen) atoms. The standard InChI is InChI=1S/C19H22F2N4O3/c1-2-22-19(23-11-13-5-3-4-6-16(13)28-18(20)21)24-12-17(27)25-14-7-9-15(26)10-8-14/h3-10,18,26H,2,11-12H2,1H3,(H,25,27)(H2,22,23,24). The maximum atomic E-state index is 12.5. The first-order valence-corrected chi connectivity index (χ1v) is 8.61. The van der Waals surface area contributed by atoms with E-state index < -0.39 is 6.61 Å². The van der Waals surface area contributed by atoms with Gasteiger partial charge in [-0.2, -0.15) is 8.78 Å². The molecule has 0 fully saturated rings. The van der Waals surface area contributed by atoms with Crippen LogP contribution in [0.4, 0.5) is 14.5 Å². The van der Waals surface area contributed by atoms with Crippen molar-refractivity contribution in [2.45, 2.75) is 20.1 Å². The molecule has 1 amide bonds. The van der Waals surface area contributed by atoms with E-state index in [1.54, 1.807) is 30.3 Å². The molecule has 0 aliphatic heterocycles. The van der Waals surface area contributed by atoms with E-state index in [4.69, 9.17) is 0 Å². The Hall–Kier alpha value is -3.36. The molecule has 2 aromatic carbocycles. The number of aromatic hydroxyl groups is 1. The normalized spacial score (nSPS) is 11.2. The average molecular weight is 392 g/mol. The van der Waals surface area contributed by atoms with Gasteiger partial charge in [0.1, 0.15) is 11.5 Å². The smallest absolute Gasteiger partial charge is 0.387 e. The summed E-state index contributed by atoms with van der Waals surface area (Å²) in [7, 11) is 0. The molecule has 0 heterocycles. The molecule has 4 N–H and O–H groups in total. The number of hydrogen-bond acceptors (Lipinski definition) is 4. The Bertz CT molecular complexity index is 798. The van der Waals surface area contributed by atoms with Crippen molar-refractivity contribution in [3.05, 3.63) is 54.1 Å². The van der Waals surface area contributed by atoms with E-state index in [-0.39, 0.29) is 30.5 Å². The summed E-state index contributed by atoms with van der Waals surface area (Å²) in [5, 5.41) is 17.8. The van der Waals surface area contributed by atoms with Crippen LogP contribution in [0.25, 0.3) is 0 Å². The van der Waals surface area contributed by atoms with Crippen LogP contribution in [-0.4, -0.2) is 36.7 Å². The highest BCUT2D eigenvalue weighted by atomic mass is 19.3. The van der Waals surface area contributed by atoms with Crippen LogP contribution in [0.1, 0.15) is 12.5 Å². The van der Waals surface area contributed by atoms with Crippen LogP contribution >= 0.6 is 0 Å². The van der Waals surface area contributed by atoms with Crippen LogP contribution in [0, 0.1) is 0 Å². The fourth-order valence-corrected chi connectivity index (χ4v) is 2.27. The van der Waals surface area contributed by atoms with Crippen molar-refractivity contribution in [2.75, 3.05) is 18.4 Å². The van der Waals surface area contributed by atoms with Crippen LogP contribution < -0.4 is 20.7 Å². The number of aliphatic imine (C=N–C) groups is 1. The Balaban J connectivity index is 1.95. The lowest BCUT2D eigenvalue weighted by molar-refractivity contribution is -0.115. The highest BCUT2D eigenvalue weighted by Gasteiger charge is 2.09. The zero-order valence-corrected chi connectivity index (χ0v) is 15.3. The number of nitrogens with one attached hydrogen (secondary N) is 3. The Kier molecular flexibility index (Phi) is 8.01. The van der Waals surface area contributed by atoms with E-state index >= 15 is 0 Å². The number of halogens is 2. The second-order valence-electron chi connectivity index (χ2n) is 5.63. The zero-order chi connectivity index (χ0) is 20.4. The predicted molar refractivity (Wildman–Crippen MR) is 103 cm³/mol. The lowest BCUT2D eigenvalue weighted by atomic mass is 10.2. The van der Waals surface area contributed by atoms with Crippen LogP contribution in [-0.2, 0) is 11.3 Å². The lowest BCUT2D eigenvalue weighted by Crippen LogP contribution is -2.41. The minimum absolute atomic E-state index is 0.0537. The highest BCUT2D eigenvalue weighted by Crippen LogP contribution is 2.20. The van der Waals surface area contributed by atoms with Crippen LogP contribution in [0.2, 0.25) is 0 Å². The molecule has 0 radical (unpaired) electrons. The SMILES string of the molecule is CCNC(=NCc1ccccc1OC(F)F)NCC(=O)Nc1ccc(O)cc1. The first kappa shape index (κ1) is 20.9. The number of phenolic OH excluding ortho intramolecular Hbond substituents is 1. The average Bonchev–Trinajstić information content (AvgIpc) is 2.66. The predicted octanol–water partition coefficient (Wildman–Crippen LogP) is 2.69. The van der Waals surface area contributed by atoms with E-state index in [0.717, 1.165) is 0 Å². The summed E-state index contributed by atoms with van der Waals surface area (Å²) in [6.45, 7) is -0.456. The van der Waals surface area contributed by atoms with Gasteiger partial charge in [-0.05, 0) is 37.3 Å². The summed E-state index contributed by atoms with van der Waals surface area (Å²) in [6.07, 6.45) is 0. The van der Waals surface area contributed by atoms with Crippen molar-refractivity contribution in [3.63, 3.8) is 0 Å². The van der Waals surface area contributed by atoms with Gasteiger partial charge in [0, 0.05) is 17.8 Å². The van der Waals surface area contributed by atoms with Crippen molar-refractivity contribution in [1.82, 2.24) is 10.6 Å². The highest BCUT2D eigenvalue weighted by molar-refractivity contribution is 5.95. The number of ether oxygens (including phenoxy) is 1. The molecule has 0 bridgehead atoms. The largest absolute Gasteiger partial charge is 0.508 e. The van der Waals surface area contributed by atoms with Gasteiger partial charge in [0.2, 0.25) is 5.91 Å². The van der Waals surface area contributed by atoms with Gasteiger partial charge in [-0.3, -0.25) is 4.79 Å².